The second-order valence-corrected chi connectivity index (χ2v) is 6.45. The van der Waals surface area contributed by atoms with E-state index in [-0.39, 0.29) is 17.1 Å². The molecule has 3 nitrogen and oxygen atoms in total. The molecule has 0 radical (unpaired) electrons. The number of methoxy groups -OCH3 is 1. The average Bonchev–Trinajstić information content (AvgIpc) is 2.52. The normalized spacial score (nSPS) is 14.2. The van der Waals surface area contributed by atoms with Crippen molar-refractivity contribution in [3.05, 3.63) is 35.9 Å². The van der Waals surface area contributed by atoms with Gasteiger partial charge in [0.25, 0.3) is 0 Å². The number of ether oxygens (including phenoxy) is 1. The number of benzene rings is 1. The first-order chi connectivity index (χ1) is 9.95. The van der Waals surface area contributed by atoms with E-state index in [1.165, 1.54) is 5.56 Å². The molecule has 1 aromatic carbocycles. The second-order valence-electron chi connectivity index (χ2n) is 6.45. The maximum Gasteiger partial charge on any atom is 0.0623 e. The summed E-state index contributed by atoms with van der Waals surface area (Å²) in [4.78, 5) is 0. The van der Waals surface area contributed by atoms with Crippen LogP contribution >= 0.6 is 0 Å². The smallest absolute Gasteiger partial charge is 0.0623 e. The van der Waals surface area contributed by atoms with Gasteiger partial charge in [-0.1, -0.05) is 44.2 Å². The topological polar surface area (TPSA) is 47.3 Å². The molecule has 0 heterocycles. The van der Waals surface area contributed by atoms with Crippen molar-refractivity contribution >= 4 is 0 Å². The number of hydrogen-bond donors (Lipinski definition) is 2. The predicted molar refractivity (Wildman–Crippen MR) is 90.1 cm³/mol. The molecule has 0 aromatic heterocycles. The summed E-state index contributed by atoms with van der Waals surface area (Å²) >= 11 is 0. The second kappa shape index (κ2) is 7.92. The Morgan fingerprint density at radius 3 is 2.14 bits per heavy atom. The zero-order valence-corrected chi connectivity index (χ0v) is 14.3. The molecule has 0 aliphatic carbocycles. The van der Waals surface area contributed by atoms with Crippen LogP contribution in [0, 0.1) is 0 Å². The van der Waals surface area contributed by atoms with Gasteiger partial charge >= 0.3 is 0 Å². The van der Waals surface area contributed by atoms with Gasteiger partial charge in [0, 0.05) is 18.6 Å². The summed E-state index contributed by atoms with van der Waals surface area (Å²) in [6, 6.07) is 11.0. The first kappa shape index (κ1) is 18.1. The van der Waals surface area contributed by atoms with Crippen LogP contribution in [-0.4, -0.2) is 18.8 Å². The predicted octanol–water partition coefficient (Wildman–Crippen LogP) is 3.78. The Kier molecular flexibility index (Phi) is 6.85. The minimum Gasteiger partial charge on any atom is -0.379 e. The van der Waals surface area contributed by atoms with E-state index in [1.807, 2.05) is 0 Å². The SMILES string of the molecule is CCC(CC)(c1ccccc1)C(CCC(C)(C)OC)NN. The molecule has 0 saturated carbocycles. The quantitative estimate of drug-likeness (QED) is 0.538. The lowest BCUT2D eigenvalue weighted by Gasteiger charge is -2.41. The van der Waals surface area contributed by atoms with Crippen molar-refractivity contribution in [1.82, 2.24) is 5.43 Å². The van der Waals surface area contributed by atoms with Gasteiger partial charge < -0.3 is 4.74 Å². The van der Waals surface area contributed by atoms with Crippen LogP contribution in [0.1, 0.15) is 58.9 Å². The zero-order valence-electron chi connectivity index (χ0n) is 14.3. The Hall–Kier alpha value is -0.900. The minimum atomic E-state index is -0.112. The Labute approximate surface area is 130 Å². The molecule has 3 heteroatoms. The van der Waals surface area contributed by atoms with E-state index in [2.05, 4.69) is 63.5 Å². The van der Waals surface area contributed by atoms with Crippen LogP contribution in [0.2, 0.25) is 0 Å². The summed E-state index contributed by atoms with van der Waals surface area (Å²) in [5.74, 6) is 5.93. The van der Waals surface area contributed by atoms with Crippen LogP contribution in [0.3, 0.4) is 0 Å². The van der Waals surface area contributed by atoms with E-state index >= 15 is 0 Å². The summed E-state index contributed by atoms with van der Waals surface area (Å²) in [5, 5.41) is 0. The van der Waals surface area contributed by atoms with Crippen LogP contribution in [-0.2, 0) is 10.2 Å². The largest absolute Gasteiger partial charge is 0.379 e. The number of hydrazine groups is 1. The molecule has 1 atom stereocenters. The first-order valence-corrected chi connectivity index (χ1v) is 8.02. The van der Waals surface area contributed by atoms with E-state index in [9.17, 15) is 0 Å². The number of rotatable bonds is 9. The summed E-state index contributed by atoms with van der Waals surface area (Å²) in [6.45, 7) is 8.76. The molecule has 0 aliphatic rings. The lowest BCUT2D eigenvalue weighted by molar-refractivity contribution is 0.00902. The lowest BCUT2D eigenvalue weighted by atomic mass is 9.68. The molecule has 1 rings (SSSR count). The van der Waals surface area contributed by atoms with Crippen molar-refractivity contribution in [2.24, 2.45) is 5.84 Å². The number of nitrogens with two attached hydrogens (primary N) is 1. The van der Waals surface area contributed by atoms with Gasteiger partial charge in [0.05, 0.1) is 5.60 Å². The molecule has 0 bridgehead atoms. The Morgan fingerprint density at radius 2 is 1.71 bits per heavy atom. The highest BCUT2D eigenvalue weighted by atomic mass is 16.5. The van der Waals surface area contributed by atoms with Crippen LogP contribution in [0.4, 0.5) is 0 Å². The van der Waals surface area contributed by atoms with Gasteiger partial charge in [0.15, 0.2) is 0 Å². The lowest BCUT2D eigenvalue weighted by Crippen LogP contribution is -2.51. The molecule has 120 valence electrons. The summed E-state index contributed by atoms with van der Waals surface area (Å²) in [5.41, 5.74) is 4.41. The highest BCUT2D eigenvalue weighted by Crippen LogP contribution is 2.37. The Bertz CT molecular complexity index is 399. The Morgan fingerprint density at radius 1 is 1.14 bits per heavy atom. The van der Waals surface area contributed by atoms with Crippen LogP contribution in [0.15, 0.2) is 30.3 Å². The van der Waals surface area contributed by atoms with Gasteiger partial charge in [-0.05, 0) is 45.1 Å². The molecule has 0 amide bonds. The highest BCUT2D eigenvalue weighted by molar-refractivity contribution is 5.27. The monoisotopic (exact) mass is 292 g/mol. The van der Waals surface area contributed by atoms with Gasteiger partial charge in [0.2, 0.25) is 0 Å². The third-order valence-electron chi connectivity index (χ3n) is 5.07. The molecule has 0 spiro atoms. The molecule has 21 heavy (non-hydrogen) atoms. The number of hydrogen-bond acceptors (Lipinski definition) is 3. The fraction of sp³-hybridized carbons (Fsp3) is 0.667. The maximum absolute atomic E-state index is 5.93. The van der Waals surface area contributed by atoms with E-state index in [0.717, 1.165) is 25.7 Å². The average molecular weight is 292 g/mol. The third-order valence-corrected chi connectivity index (χ3v) is 5.07. The Balaban J connectivity index is 3.01. The van der Waals surface area contributed by atoms with E-state index in [0.29, 0.717) is 0 Å². The molecule has 0 aliphatic heterocycles. The van der Waals surface area contributed by atoms with Crippen molar-refractivity contribution in [2.75, 3.05) is 7.11 Å². The van der Waals surface area contributed by atoms with Gasteiger partial charge in [-0.15, -0.1) is 0 Å². The third kappa shape index (κ3) is 4.29. The van der Waals surface area contributed by atoms with E-state index in [4.69, 9.17) is 10.6 Å². The summed E-state index contributed by atoms with van der Waals surface area (Å²) in [6.07, 6.45) is 4.10. The maximum atomic E-state index is 5.93. The van der Waals surface area contributed by atoms with Crippen LogP contribution in [0.5, 0.6) is 0 Å². The van der Waals surface area contributed by atoms with Crippen molar-refractivity contribution in [3.63, 3.8) is 0 Å². The molecule has 0 fully saturated rings. The highest BCUT2D eigenvalue weighted by Gasteiger charge is 2.37. The van der Waals surface area contributed by atoms with Gasteiger partial charge in [-0.25, -0.2) is 0 Å². The van der Waals surface area contributed by atoms with Crippen LogP contribution in [0.25, 0.3) is 0 Å². The van der Waals surface area contributed by atoms with Crippen molar-refractivity contribution in [3.8, 4) is 0 Å². The number of nitrogens with one attached hydrogen (secondary N) is 1. The van der Waals surface area contributed by atoms with Crippen molar-refractivity contribution < 1.29 is 4.74 Å². The zero-order chi connectivity index (χ0) is 15.9. The fourth-order valence-corrected chi connectivity index (χ4v) is 3.24. The molecule has 1 unspecified atom stereocenters. The standard InChI is InChI=1S/C18H32N2O/c1-6-18(7-2,15-11-9-8-10-12-15)16(20-19)13-14-17(3,4)21-5/h8-12,16,20H,6-7,13-14,19H2,1-5H3. The molecular formula is C18H32N2O. The molecule has 3 N–H and O–H groups in total. The minimum absolute atomic E-state index is 0.0693. The molecule has 0 saturated heterocycles. The van der Waals surface area contributed by atoms with Gasteiger partial charge in [0.1, 0.15) is 0 Å². The van der Waals surface area contributed by atoms with Crippen LogP contribution < -0.4 is 11.3 Å². The van der Waals surface area contributed by atoms with Crippen molar-refractivity contribution in [1.29, 1.82) is 0 Å². The molecule has 1 aromatic rings. The van der Waals surface area contributed by atoms with Crippen molar-refractivity contribution in [2.45, 2.75) is 70.4 Å². The van der Waals surface area contributed by atoms with E-state index < -0.39 is 0 Å². The summed E-state index contributed by atoms with van der Waals surface area (Å²) < 4.78 is 5.55. The van der Waals surface area contributed by atoms with Gasteiger partial charge in [-0.3, -0.25) is 11.3 Å². The molecular weight excluding hydrogens is 260 g/mol. The van der Waals surface area contributed by atoms with Gasteiger partial charge in [-0.2, -0.15) is 0 Å². The first-order valence-electron chi connectivity index (χ1n) is 8.02. The summed E-state index contributed by atoms with van der Waals surface area (Å²) in [7, 11) is 1.77. The fourth-order valence-electron chi connectivity index (χ4n) is 3.24. The van der Waals surface area contributed by atoms with E-state index in [1.54, 1.807) is 7.11 Å².